The number of nitrogens with zero attached hydrogens (tertiary/aromatic N) is 1. The topological polar surface area (TPSA) is 20.3 Å². The Bertz CT molecular complexity index is 370. The number of hydrogen-bond donors (Lipinski definition) is 0. The van der Waals surface area contributed by atoms with E-state index >= 15 is 0 Å². The van der Waals surface area contributed by atoms with Gasteiger partial charge in [0.15, 0.2) is 16.5 Å². The summed E-state index contributed by atoms with van der Waals surface area (Å²) in [5, 5.41) is 0. The van der Waals surface area contributed by atoms with Crippen molar-refractivity contribution < 1.29 is 4.79 Å². The van der Waals surface area contributed by atoms with Gasteiger partial charge in [-0.15, -0.1) is 0 Å². The minimum Gasteiger partial charge on any atom is -0.391 e. The van der Waals surface area contributed by atoms with Gasteiger partial charge >= 0.3 is 0 Å². The van der Waals surface area contributed by atoms with Crippen molar-refractivity contribution in [2.75, 3.05) is 0 Å². The van der Waals surface area contributed by atoms with Crippen LogP contribution in [0.4, 0.5) is 0 Å². The number of rotatable bonds is 14. The van der Waals surface area contributed by atoms with Gasteiger partial charge in [-0.1, -0.05) is 115 Å². The Morgan fingerprint density at radius 3 is 1.00 bits per heavy atom. The van der Waals surface area contributed by atoms with Crippen molar-refractivity contribution in [3.05, 3.63) is 0 Å². The summed E-state index contributed by atoms with van der Waals surface area (Å²) in [7, 11) is -4.11. The summed E-state index contributed by atoms with van der Waals surface area (Å²) >= 11 is 18.8. The first-order valence-corrected chi connectivity index (χ1v) is 17.3. The average Bonchev–Trinajstić information content (AvgIpc) is 2.55. The molecule has 7 heteroatoms. The molecule has 0 atom stereocenters. The summed E-state index contributed by atoms with van der Waals surface area (Å²) in [6.45, 7) is 13.5. The predicted molar refractivity (Wildman–Crippen MR) is 129 cm³/mol. The van der Waals surface area contributed by atoms with Crippen LogP contribution in [-0.4, -0.2) is 30.4 Å². The maximum Gasteiger partial charge on any atom is 0.267 e. The predicted octanol–water partition coefficient (Wildman–Crippen LogP) is 8.54. The summed E-state index contributed by atoms with van der Waals surface area (Å²) in [4.78, 5) is 13.7. The minimum absolute atomic E-state index is 0.198. The second-order valence-corrected chi connectivity index (χ2v) is 19.6. The molecule has 162 valence electrons. The van der Waals surface area contributed by atoms with Crippen LogP contribution < -0.4 is 0 Å². The second kappa shape index (κ2) is 13.2. The molecule has 0 aliphatic carbocycles. The molecule has 0 aromatic carbocycles. The molecule has 0 saturated carbocycles. The lowest BCUT2D eigenvalue weighted by Gasteiger charge is -2.54. The van der Waals surface area contributed by atoms with Gasteiger partial charge in [0.2, 0.25) is 0 Å². The van der Waals surface area contributed by atoms with Crippen LogP contribution in [0, 0.1) is 0 Å². The highest BCUT2D eigenvalue weighted by Gasteiger charge is 2.54. The van der Waals surface area contributed by atoms with E-state index in [0.29, 0.717) is 0 Å². The third kappa shape index (κ3) is 7.51. The number of hydrogen-bond acceptors (Lipinski definition) is 1. The van der Waals surface area contributed by atoms with Crippen LogP contribution in [0.25, 0.3) is 0 Å². The average molecular weight is 475 g/mol. The third-order valence-corrected chi connectivity index (χ3v) is 19.9. The fourth-order valence-corrected chi connectivity index (χ4v) is 21.6. The number of carbonyl (C=O) groups is 1. The highest BCUT2D eigenvalue weighted by Crippen LogP contribution is 2.44. The van der Waals surface area contributed by atoms with Crippen LogP contribution in [0.1, 0.15) is 80.1 Å². The van der Waals surface area contributed by atoms with Crippen molar-refractivity contribution in [2.45, 2.75) is 120 Å². The summed E-state index contributed by atoms with van der Waals surface area (Å²) in [6, 6.07) is 6.79. The monoisotopic (exact) mass is 473 g/mol. The molecule has 0 radical (unpaired) electrons. The highest BCUT2D eigenvalue weighted by molar-refractivity contribution is 6.97. The Morgan fingerprint density at radius 2 is 0.852 bits per heavy atom. The normalized spacial score (nSPS) is 13.1. The van der Waals surface area contributed by atoms with Crippen molar-refractivity contribution >= 4 is 57.2 Å². The molecular weight excluding hydrogens is 433 g/mol. The Morgan fingerprint density at radius 1 is 0.630 bits per heavy atom. The molecule has 0 aliphatic rings. The first-order valence-electron chi connectivity index (χ1n) is 11.1. The van der Waals surface area contributed by atoms with Gasteiger partial charge in [-0.3, -0.25) is 4.79 Å². The molecule has 0 spiro atoms. The zero-order chi connectivity index (χ0) is 21.1. The van der Waals surface area contributed by atoms with Crippen LogP contribution in [-0.2, 0) is 4.79 Å². The summed E-state index contributed by atoms with van der Waals surface area (Å²) in [5.74, 6) is -0.198. The van der Waals surface area contributed by atoms with Gasteiger partial charge in [-0.05, 0) is 36.3 Å². The van der Waals surface area contributed by atoms with Crippen molar-refractivity contribution in [2.24, 2.45) is 0 Å². The zero-order valence-electron chi connectivity index (χ0n) is 18.5. The van der Waals surface area contributed by atoms with E-state index in [1.165, 1.54) is 0 Å². The summed E-state index contributed by atoms with van der Waals surface area (Å²) < 4.78 is 0.543. The number of amides is 1. The number of halogens is 3. The molecule has 1 amide bonds. The molecule has 0 saturated heterocycles. The van der Waals surface area contributed by atoms with Gasteiger partial charge < -0.3 is 4.23 Å². The Labute approximate surface area is 185 Å². The Kier molecular flexibility index (Phi) is 13.5. The molecule has 0 N–H and O–H groups in total. The van der Waals surface area contributed by atoms with Gasteiger partial charge in [-0.2, -0.15) is 0 Å². The van der Waals surface area contributed by atoms with E-state index in [1.54, 1.807) is 0 Å². The van der Waals surface area contributed by atoms with E-state index < -0.39 is 20.3 Å². The maximum atomic E-state index is 13.7. The van der Waals surface area contributed by atoms with Crippen molar-refractivity contribution in [3.8, 4) is 0 Å². The molecule has 0 aliphatic heterocycles. The van der Waals surface area contributed by atoms with E-state index in [1.807, 2.05) is 0 Å². The van der Waals surface area contributed by atoms with E-state index in [0.717, 1.165) is 74.8 Å². The molecule has 0 aromatic rings. The molecule has 0 aromatic heterocycles. The molecule has 2 nitrogen and oxygen atoms in total. The van der Waals surface area contributed by atoms with Crippen LogP contribution >= 0.6 is 34.8 Å². The zero-order valence-corrected chi connectivity index (χ0v) is 22.7. The third-order valence-electron chi connectivity index (χ3n) is 5.69. The fourth-order valence-electron chi connectivity index (χ4n) is 5.27. The van der Waals surface area contributed by atoms with Crippen LogP contribution in [0.3, 0.4) is 0 Å². The Balaban J connectivity index is 6.72. The van der Waals surface area contributed by atoms with Crippen LogP contribution in [0.15, 0.2) is 0 Å². The highest BCUT2D eigenvalue weighted by atomic mass is 35.6. The smallest absolute Gasteiger partial charge is 0.267 e. The second-order valence-electron chi connectivity index (χ2n) is 8.09. The van der Waals surface area contributed by atoms with Gasteiger partial charge in [-0.25, -0.2) is 0 Å². The first-order chi connectivity index (χ1) is 12.6. The molecular formula is C20H42Cl3NOSi2. The summed E-state index contributed by atoms with van der Waals surface area (Å²) in [5.41, 5.74) is 0. The quantitative estimate of drug-likeness (QED) is 0.182. The van der Waals surface area contributed by atoms with Gasteiger partial charge in [0, 0.05) is 0 Å². The number of alkyl halides is 3. The van der Waals surface area contributed by atoms with E-state index in [4.69, 9.17) is 34.8 Å². The van der Waals surface area contributed by atoms with Gasteiger partial charge in [0.1, 0.15) is 0 Å². The van der Waals surface area contributed by atoms with Gasteiger partial charge in [0.25, 0.3) is 9.70 Å². The Hall–Kier alpha value is 0.774. The maximum absolute atomic E-state index is 13.7. The number of carbonyl (C=O) groups excluding carboxylic acids is 1. The summed E-state index contributed by atoms with van der Waals surface area (Å²) in [6.07, 6.45) is 6.61. The lowest BCUT2D eigenvalue weighted by atomic mass is 10.5. The van der Waals surface area contributed by atoms with Crippen molar-refractivity contribution in [3.63, 3.8) is 0 Å². The molecule has 0 rings (SSSR count). The SMILES string of the molecule is CCC[Si](CCC)(CCC)N(C(=O)C(Cl)(Cl)Cl)[Si](CCC)(CCC)CCC. The first kappa shape index (κ1) is 27.8. The molecule has 27 heavy (non-hydrogen) atoms. The van der Waals surface area contributed by atoms with E-state index in [2.05, 4.69) is 45.8 Å². The fraction of sp³-hybridized carbons (Fsp3) is 0.950. The standard InChI is InChI=1S/C20H42Cl3NOSi2/c1-7-13-26(14-8-2,15-9-3)24(19(25)20(21,22)23)27(16-10-4,17-11-5)18-12-6/h7-18H2,1-6H3. The minimum atomic E-state index is -2.05. The molecule has 0 bridgehead atoms. The van der Waals surface area contributed by atoms with Crippen LogP contribution in [0.5, 0.6) is 0 Å². The lowest BCUT2D eigenvalue weighted by molar-refractivity contribution is -0.123. The van der Waals surface area contributed by atoms with Crippen molar-refractivity contribution in [1.82, 2.24) is 4.23 Å². The van der Waals surface area contributed by atoms with Gasteiger partial charge in [0.05, 0.1) is 0 Å². The van der Waals surface area contributed by atoms with Crippen molar-refractivity contribution in [1.29, 1.82) is 0 Å². The van der Waals surface area contributed by atoms with Crippen LogP contribution in [0.2, 0.25) is 36.3 Å². The lowest BCUT2D eigenvalue weighted by Crippen LogP contribution is -2.70. The largest absolute Gasteiger partial charge is 0.391 e. The molecule has 0 unspecified atom stereocenters. The van der Waals surface area contributed by atoms with E-state index in [9.17, 15) is 4.79 Å². The van der Waals surface area contributed by atoms with E-state index in [-0.39, 0.29) is 5.91 Å². The molecule has 0 heterocycles. The molecule has 0 fully saturated rings.